The van der Waals surface area contributed by atoms with Crippen LogP contribution in [0.25, 0.3) is 0 Å². The predicted molar refractivity (Wildman–Crippen MR) is 185 cm³/mol. The van der Waals surface area contributed by atoms with Crippen LogP contribution in [0.2, 0.25) is 0 Å². The van der Waals surface area contributed by atoms with Crippen LogP contribution in [-0.4, -0.2) is 85.2 Å². The smallest absolute Gasteiger partial charge is 0.323 e. The average molecular weight is 679 g/mol. The number of benzene rings is 3. The van der Waals surface area contributed by atoms with Crippen LogP contribution in [-0.2, 0) is 11.3 Å². The van der Waals surface area contributed by atoms with Gasteiger partial charge in [0, 0.05) is 43.5 Å². The molecule has 0 aliphatic carbocycles. The number of carbonyl (C=O) groups excluding carboxylic acids is 2. The molecule has 5 rings (SSSR count). The fourth-order valence-corrected chi connectivity index (χ4v) is 6.01. The van der Waals surface area contributed by atoms with Crippen LogP contribution in [0.5, 0.6) is 17.2 Å². The number of nitrogens with one attached hydrogen (secondary N) is 2. The molecule has 0 unspecified atom stereocenters. The van der Waals surface area contributed by atoms with Gasteiger partial charge in [-0.25, -0.2) is 9.18 Å². The number of nitrogens with zero attached hydrogens (tertiary/aromatic N) is 2. The zero-order valence-electron chi connectivity index (χ0n) is 28.6. The van der Waals surface area contributed by atoms with Gasteiger partial charge < -0.3 is 39.6 Å². The van der Waals surface area contributed by atoms with E-state index in [0.29, 0.717) is 43.4 Å². The Kier molecular flexibility index (Phi) is 12.3. The summed E-state index contributed by atoms with van der Waals surface area (Å²) in [4.78, 5) is 31.0. The molecule has 2 aliphatic heterocycles. The highest BCUT2D eigenvalue weighted by Gasteiger charge is 2.30. The van der Waals surface area contributed by atoms with Crippen LogP contribution in [0.4, 0.5) is 20.6 Å². The minimum atomic E-state index is -0.548. The summed E-state index contributed by atoms with van der Waals surface area (Å²) in [6.07, 6.45) is 2.13. The highest BCUT2D eigenvalue weighted by atomic mass is 19.1. The molecule has 0 radical (unpaired) electrons. The Bertz CT molecular complexity index is 1570. The number of aliphatic hydroxyl groups is 1. The molecule has 11 nitrogen and oxygen atoms in total. The summed E-state index contributed by atoms with van der Waals surface area (Å²) >= 11 is 0. The summed E-state index contributed by atoms with van der Waals surface area (Å²) in [5, 5.41) is 15.7. The van der Waals surface area contributed by atoms with Crippen molar-refractivity contribution in [2.75, 3.05) is 50.8 Å². The summed E-state index contributed by atoms with van der Waals surface area (Å²) in [6.45, 7) is 8.01. The maximum absolute atomic E-state index is 14.4. The summed E-state index contributed by atoms with van der Waals surface area (Å²) in [7, 11) is 2.04. The number of hydrogen-bond acceptors (Lipinski definition) is 8. The Morgan fingerprint density at radius 2 is 1.71 bits per heavy atom. The van der Waals surface area contributed by atoms with E-state index in [0.717, 1.165) is 36.3 Å². The topological polar surface area (TPSA) is 122 Å². The highest BCUT2D eigenvalue weighted by molar-refractivity contribution is 6.02. The Balaban J connectivity index is 1.36. The third-order valence-electron chi connectivity index (χ3n) is 8.79. The Hall–Kier alpha value is -4.39. The lowest BCUT2D eigenvalue weighted by Crippen LogP contribution is -2.47. The number of hydrogen-bond donors (Lipinski definition) is 3. The summed E-state index contributed by atoms with van der Waals surface area (Å²) < 4.78 is 37.1. The zero-order valence-corrected chi connectivity index (χ0v) is 28.6. The summed E-state index contributed by atoms with van der Waals surface area (Å²) in [5.74, 6) is 1.06. The molecule has 12 heteroatoms. The minimum Gasteiger partial charge on any atom is -0.490 e. The second-order valence-electron chi connectivity index (χ2n) is 13.0. The molecule has 0 spiro atoms. The van der Waals surface area contributed by atoms with E-state index in [4.69, 9.17) is 18.9 Å². The van der Waals surface area contributed by atoms with E-state index in [2.05, 4.69) is 22.5 Å². The van der Waals surface area contributed by atoms with E-state index in [9.17, 15) is 19.1 Å². The van der Waals surface area contributed by atoms with Crippen molar-refractivity contribution in [1.29, 1.82) is 0 Å². The Morgan fingerprint density at radius 1 is 1.00 bits per heavy atom. The molecule has 0 saturated carbocycles. The number of urea groups is 1. The van der Waals surface area contributed by atoms with Crippen molar-refractivity contribution in [2.24, 2.45) is 5.92 Å². The van der Waals surface area contributed by atoms with E-state index >= 15 is 0 Å². The highest BCUT2D eigenvalue weighted by Crippen LogP contribution is 2.33. The molecule has 264 valence electrons. The monoisotopic (exact) mass is 678 g/mol. The SMILES string of the molecule is C[C@@H]1CN([C@@H](C)CO)C(=O)c2cc(NC(=O)Nc3ccc(F)cc3)ccc2O[C@@H](C)CCCCO[C@H]1CN(C)Cc1ccc2c(c1)OCO2. The van der Waals surface area contributed by atoms with Crippen molar-refractivity contribution in [3.63, 3.8) is 0 Å². The van der Waals surface area contributed by atoms with Crippen LogP contribution in [0.15, 0.2) is 60.7 Å². The first-order valence-electron chi connectivity index (χ1n) is 16.8. The first-order chi connectivity index (χ1) is 23.6. The van der Waals surface area contributed by atoms with Gasteiger partial charge in [0.05, 0.1) is 30.4 Å². The molecule has 0 bridgehead atoms. The number of rotatable bonds is 8. The van der Waals surface area contributed by atoms with Crippen LogP contribution >= 0.6 is 0 Å². The fourth-order valence-electron chi connectivity index (χ4n) is 6.01. The average Bonchev–Trinajstić information content (AvgIpc) is 3.55. The Labute approximate surface area is 287 Å². The van der Waals surface area contributed by atoms with Gasteiger partial charge >= 0.3 is 6.03 Å². The number of ether oxygens (including phenoxy) is 4. The van der Waals surface area contributed by atoms with E-state index in [1.165, 1.54) is 24.3 Å². The second-order valence-corrected chi connectivity index (χ2v) is 13.0. The predicted octanol–water partition coefficient (Wildman–Crippen LogP) is 6.13. The fraction of sp³-hybridized carbons (Fsp3) is 0.459. The second kappa shape index (κ2) is 16.8. The van der Waals surface area contributed by atoms with Gasteiger partial charge in [0.25, 0.3) is 5.91 Å². The maximum Gasteiger partial charge on any atom is 0.323 e. The number of fused-ring (bicyclic) bond motifs is 2. The number of anilines is 2. The molecular formula is C37H47FN4O7. The van der Waals surface area contributed by atoms with Crippen molar-refractivity contribution in [3.8, 4) is 17.2 Å². The summed E-state index contributed by atoms with van der Waals surface area (Å²) in [6, 6.07) is 15.3. The first kappa shape index (κ1) is 35.9. The van der Waals surface area contributed by atoms with E-state index in [1.807, 2.05) is 32.2 Å². The number of halogens is 1. The number of carbonyl (C=O) groups is 2. The van der Waals surface area contributed by atoms with E-state index < -0.39 is 17.9 Å². The minimum absolute atomic E-state index is 0.0915. The van der Waals surface area contributed by atoms with Gasteiger partial charge in [0.15, 0.2) is 11.5 Å². The van der Waals surface area contributed by atoms with Crippen molar-refractivity contribution in [1.82, 2.24) is 9.80 Å². The van der Waals surface area contributed by atoms with E-state index in [1.54, 1.807) is 30.0 Å². The molecule has 4 atom stereocenters. The van der Waals surface area contributed by atoms with Gasteiger partial charge in [-0.2, -0.15) is 0 Å². The van der Waals surface area contributed by atoms with Crippen LogP contribution < -0.4 is 24.8 Å². The lowest BCUT2D eigenvalue weighted by Gasteiger charge is -2.36. The number of amides is 3. The molecule has 3 N–H and O–H groups in total. The largest absolute Gasteiger partial charge is 0.490 e. The number of aliphatic hydroxyl groups excluding tert-OH is 1. The molecule has 3 amide bonds. The molecule has 2 aliphatic rings. The van der Waals surface area contributed by atoms with Crippen molar-refractivity contribution in [2.45, 2.75) is 64.8 Å². The van der Waals surface area contributed by atoms with Gasteiger partial charge in [0.2, 0.25) is 6.79 Å². The van der Waals surface area contributed by atoms with Crippen molar-refractivity contribution in [3.05, 3.63) is 77.6 Å². The molecular weight excluding hydrogens is 631 g/mol. The van der Waals surface area contributed by atoms with Gasteiger partial charge in [0.1, 0.15) is 11.6 Å². The molecule has 49 heavy (non-hydrogen) atoms. The van der Waals surface area contributed by atoms with Gasteiger partial charge in [-0.15, -0.1) is 0 Å². The lowest BCUT2D eigenvalue weighted by molar-refractivity contribution is -0.0177. The van der Waals surface area contributed by atoms with E-state index in [-0.39, 0.29) is 43.0 Å². The third kappa shape index (κ3) is 9.84. The maximum atomic E-state index is 14.4. The normalized spacial score (nSPS) is 20.6. The molecule has 3 aromatic rings. The third-order valence-corrected chi connectivity index (χ3v) is 8.79. The Morgan fingerprint density at radius 3 is 2.49 bits per heavy atom. The molecule has 0 saturated heterocycles. The van der Waals surface area contributed by atoms with Crippen LogP contribution in [0, 0.1) is 11.7 Å². The standard InChI is InChI=1S/C37H47FN4O7/c1-24-19-42(25(2)22-43)36(44)31-18-30(40-37(45)39-29-11-9-28(38)10-12-29)13-15-32(31)49-26(3)7-5-6-16-46-35(24)21-41(4)20-27-8-14-33-34(17-27)48-23-47-33/h8-15,17-18,24-26,35,43H,5-7,16,19-23H2,1-4H3,(H2,39,40,45)/t24-,25+,26+,35+/m1/s1. The zero-order chi connectivity index (χ0) is 34.9. The molecule has 0 aromatic heterocycles. The van der Waals surface area contributed by atoms with Crippen molar-refractivity contribution >= 4 is 23.3 Å². The quantitative estimate of drug-likeness (QED) is 0.261. The summed E-state index contributed by atoms with van der Waals surface area (Å²) in [5.41, 5.74) is 2.15. The number of likely N-dealkylation sites (N-methyl/N-ethyl adjacent to an activating group) is 1. The lowest BCUT2D eigenvalue weighted by atomic mass is 10.0. The van der Waals surface area contributed by atoms with Crippen LogP contribution in [0.3, 0.4) is 0 Å². The van der Waals surface area contributed by atoms with Crippen molar-refractivity contribution < 1.29 is 38.0 Å². The van der Waals surface area contributed by atoms with Gasteiger partial charge in [-0.1, -0.05) is 13.0 Å². The molecule has 2 heterocycles. The molecule has 0 fully saturated rings. The first-order valence-corrected chi connectivity index (χ1v) is 16.8. The molecule has 3 aromatic carbocycles. The van der Waals surface area contributed by atoms with Crippen LogP contribution in [0.1, 0.15) is 56.0 Å². The van der Waals surface area contributed by atoms with Gasteiger partial charge in [-0.05, 0) is 100 Å². The van der Waals surface area contributed by atoms with Gasteiger partial charge in [-0.3, -0.25) is 9.69 Å².